The van der Waals surface area contributed by atoms with E-state index < -0.39 is 23.7 Å². The highest BCUT2D eigenvalue weighted by Crippen LogP contribution is 2.37. The number of ketones is 1. The van der Waals surface area contributed by atoms with Crippen LogP contribution >= 0.6 is 0 Å². The Morgan fingerprint density at radius 1 is 0.565 bits per heavy atom. The number of hydrogen-bond acceptors (Lipinski definition) is 9. The molecule has 46 heavy (non-hydrogen) atoms. The molecule has 0 aliphatic carbocycles. The summed E-state index contributed by atoms with van der Waals surface area (Å²) in [4.78, 5) is 53.1. The van der Waals surface area contributed by atoms with E-state index in [4.69, 9.17) is 18.9 Å². The summed E-state index contributed by atoms with van der Waals surface area (Å²) in [6, 6.07) is 31.1. The number of carbonyl (C=O) groups excluding carboxylic acids is 4. The van der Waals surface area contributed by atoms with Crippen molar-refractivity contribution in [3.05, 3.63) is 155 Å². The predicted octanol–water partition coefficient (Wildman–Crippen LogP) is 6.95. The minimum atomic E-state index is -0.811. The molecule has 0 aromatic heterocycles. The maximum Gasteiger partial charge on any atom is 0.343 e. The number of methoxy groups -OCH3 is 1. The van der Waals surface area contributed by atoms with Crippen molar-refractivity contribution in [2.75, 3.05) is 7.11 Å². The average molecular weight is 615 g/mol. The number of allylic oxidation sites excluding steroid dienone is 1. The molecule has 0 aliphatic rings. The maximum atomic E-state index is 13.8. The fourth-order valence-corrected chi connectivity index (χ4v) is 4.29. The lowest BCUT2D eigenvalue weighted by atomic mass is 10.1. The number of benzene rings is 5. The normalized spacial score (nSPS) is 10.6. The van der Waals surface area contributed by atoms with E-state index in [0.717, 1.165) is 0 Å². The van der Waals surface area contributed by atoms with Crippen LogP contribution in [0.1, 0.15) is 47.0 Å². The number of carbonyl (C=O) groups is 4. The maximum absolute atomic E-state index is 13.8. The van der Waals surface area contributed by atoms with E-state index in [1.165, 1.54) is 67.8 Å². The molecule has 0 radical (unpaired) electrons. The summed E-state index contributed by atoms with van der Waals surface area (Å²) in [5, 5.41) is 9.93. The van der Waals surface area contributed by atoms with Crippen molar-refractivity contribution in [3.8, 4) is 28.7 Å². The Bertz CT molecular complexity index is 1840. The molecule has 9 heteroatoms. The van der Waals surface area contributed by atoms with Crippen LogP contribution in [-0.4, -0.2) is 35.9 Å². The second kappa shape index (κ2) is 14.3. The molecule has 1 N–H and O–H groups in total. The molecule has 0 unspecified atom stereocenters. The minimum Gasteiger partial charge on any atom is -0.504 e. The lowest BCUT2D eigenvalue weighted by Crippen LogP contribution is -2.16. The zero-order valence-corrected chi connectivity index (χ0v) is 24.4. The zero-order chi connectivity index (χ0) is 32.5. The van der Waals surface area contributed by atoms with Crippen molar-refractivity contribution in [2.24, 2.45) is 0 Å². The van der Waals surface area contributed by atoms with Gasteiger partial charge in [0.2, 0.25) is 0 Å². The number of phenols is 1. The first-order chi connectivity index (χ1) is 22.3. The highest BCUT2D eigenvalue weighted by molar-refractivity contribution is 6.12. The first-order valence-corrected chi connectivity index (χ1v) is 13.9. The SMILES string of the molecule is COc1cc(/C=C/C(=O)c2c(OC(=O)c3ccccc3)cc(OC(=O)c3ccccc3)cc2OC(=O)c2ccccc2)ccc1O. The molecule has 5 rings (SSSR count). The van der Waals surface area contributed by atoms with E-state index in [-0.39, 0.29) is 51.0 Å². The summed E-state index contributed by atoms with van der Waals surface area (Å²) in [5.74, 6) is -3.75. The van der Waals surface area contributed by atoms with E-state index in [1.54, 1.807) is 72.8 Å². The summed E-state index contributed by atoms with van der Waals surface area (Å²) in [6.45, 7) is 0. The molecule has 0 spiro atoms. The monoisotopic (exact) mass is 614 g/mol. The van der Waals surface area contributed by atoms with E-state index in [9.17, 15) is 24.3 Å². The fraction of sp³-hybridized carbons (Fsp3) is 0.0270. The molecule has 0 heterocycles. The Morgan fingerprint density at radius 2 is 1.02 bits per heavy atom. The third kappa shape index (κ3) is 7.53. The molecule has 5 aromatic rings. The standard InChI is InChI=1S/C37H26O9/c1-43-31-21-24(17-19-29(31)38)18-20-30(39)34-32(45-36(41)26-13-7-3-8-14-26)22-28(44-35(40)25-11-5-2-6-12-25)23-33(34)46-37(42)27-15-9-4-10-16-27/h2-23,38H,1H3/b20-18+. The van der Waals surface area contributed by atoms with Gasteiger partial charge in [0.15, 0.2) is 17.3 Å². The van der Waals surface area contributed by atoms with Gasteiger partial charge in [-0.05, 0) is 60.2 Å². The Balaban J connectivity index is 1.60. The molecule has 0 atom stereocenters. The topological polar surface area (TPSA) is 125 Å². The van der Waals surface area contributed by atoms with Gasteiger partial charge in [-0.15, -0.1) is 0 Å². The van der Waals surface area contributed by atoms with Crippen LogP contribution < -0.4 is 18.9 Å². The van der Waals surface area contributed by atoms with Crippen molar-refractivity contribution >= 4 is 29.8 Å². The highest BCUT2D eigenvalue weighted by Gasteiger charge is 2.25. The largest absolute Gasteiger partial charge is 0.504 e. The zero-order valence-electron chi connectivity index (χ0n) is 24.4. The number of ether oxygens (including phenoxy) is 4. The van der Waals surface area contributed by atoms with Crippen LogP contribution in [0.15, 0.2) is 127 Å². The van der Waals surface area contributed by atoms with Crippen LogP contribution in [0.4, 0.5) is 0 Å². The summed E-state index contributed by atoms with van der Waals surface area (Å²) in [6.07, 6.45) is 2.62. The Morgan fingerprint density at radius 3 is 1.48 bits per heavy atom. The average Bonchev–Trinajstić information content (AvgIpc) is 3.08. The quantitative estimate of drug-likeness (QED) is 0.0769. The second-order valence-corrected chi connectivity index (χ2v) is 9.69. The molecule has 0 saturated heterocycles. The number of phenolic OH excluding ortho intramolecular Hbond substituents is 1. The third-order valence-electron chi connectivity index (χ3n) is 6.56. The van der Waals surface area contributed by atoms with Gasteiger partial charge in [-0.25, -0.2) is 14.4 Å². The molecule has 9 nitrogen and oxygen atoms in total. The van der Waals surface area contributed by atoms with Crippen LogP contribution in [0.3, 0.4) is 0 Å². The lowest BCUT2D eigenvalue weighted by Gasteiger charge is -2.16. The van der Waals surface area contributed by atoms with Gasteiger partial charge >= 0.3 is 17.9 Å². The van der Waals surface area contributed by atoms with Crippen LogP contribution in [0.5, 0.6) is 28.7 Å². The summed E-state index contributed by atoms with van der Waals surface area (Å²) >= 11 is 0. The molecule has 228 valence electrons. The van der Waals surface area contributed by atoms with Gasteiger partial charge in [-0.2, -0.15) is 0 Å². The van der Waals surface area contributed by atoms with E-state index >= 15 is 0 Å². The Kier molecular flexibility index (Phi) is 9.64. The van der Waals surface area contributed by atoms with Crippen LogP contribution in [-0.2, 0) is 0 Å². The van der Waals surface area contributed by atoms with Crippen molar-refractivity contribution in [1.29, 1.82) is 0 Å². The molecular weight excluding hydrogens is 588 g/mol. The molecule has 0 saturated carbocycles. The van der Waals surface area contributed by atoms with Gasteiger partial charge in [0.1, 0.15) is 22.8 Å². The molecule has 0 amide bonds. The smallest absolute Gasteiger partial charge is 0.343 e. The third-order valence-corrected chi connectivity index (χ3v) is 6.56. The summed E-state index contributed by atoms with van der Waals surface area (Å²) < 4.78 is 22.1. The molecule has 0 aliphatic heterocycles. The molecule has 0 fully saturated rings. The van der Waals surface area contributed by atoms with Crippen LogP contribution in [0, 0.1) is 0 Å². The first kappa shape index (κ1) is 31.0. The highest BCUT2D eigenvalue weighted by atomic mass is 16.6. The van der Waals surface area contributed by atoms with Gasteiger partial charge in [0, 0.05) is 12.1 Å². The van der Waals surface area contributed by atoms with Gasteiger partial charge in [0.05, 0.1) is 23.8 Å². The summed E-state index contributed by atoms with van der Waals surface area (Å²) in [5.41, 5.74) is 0.821. The van der Waals surface area contributed by atoms with Crippen LogP contribution in [0.2, 0.25) is 0 Å². The number of hydrogen-bond donors (Lipinski definition) is 1. The van der Waals surface area contributed by atoms with Crippen molar-refractivity contribution in [2.45, 2.75) is 0 Å². The van der Waals surface area contributed by atoms with Gasteiger partial charge in [0.25, 0.3) is 0 Å². The fourth-order valence-electron chi connectivity index (χ4n) is 4.29. The van der Waals surface area contributed by atoms with Gasteiger partial charge in [-0.1, -0.05) is 66.7 Å². The van der Waals surface area contributed by atoms with E-state index in [2.05, 4.69) is 0 Å². The number of esters is 3. The summed E-state index contributed by atoms with van der Waals surface area (Å²) in [7, 11) is 1.39. The minimum absolute atomic E-state index is 0.0863. The molecule has 5 aromatic carbocycles. The number of aromatic hydroxyl groups is 1. The van der Waals surface area contributed by atoms with E-state index in [1.807, 2.05) is 0 Å². The Hall–Kier alpha value is -6.48. The predicted molar refractivity (Wildman–Crippen MR) is 169 cm³/mol. The van der Waals surface area contributed by atoms with Crippen LogP contribution in [0.25, 0.3) is 6.08 Å². The van der Waals surface area contributed by atoms with Gasteiger partial charge < -0.3 is 24.1 Å². The lowest BCUT2D eigenvalue weighted by molar-refractivity contribution is 0.0728. The van der Waals surface area contributed by atoms with Crippen molar-refractivity contribution in [1.82, 2.24) is 0 Å². The number of rotatable bonds is 10. The van der Waals surface area contributed by atoms with Crippen molar-refractivity contribution in [3.63, 3.8) is 0 Å². The Labute approximate surface area is 263 Å². The molecule has 0 bridgehead atoms. The van der Waals surface area contributed by atoms with Crippen molar-refractivity contribution < 1.29 is 43.2 Å². The van der Waals surface area contributed by atoms with E-state index in [0.29, 0.717) is 5.56 Å². The first-order valence-electron chi connectivity index (χ1n) is 13.9. The van der Waals surface area contributed by atoms with Gasteiger partial charge in [-0.3, -0.25) is 4.79 Å². The second-order valence-electron chi connectivity index (χ2n) is 9.69. The molecular formula is C37H26O9.